The third-order valence-electron chi connectivity index (χ3n) is 7.73. The van der Waals surface area contributed by atoms with Gasteiger partial charge in [0.15, 0.2) is 5.13 Å². The minimum atomic E-state index is -0.820. The monoisotopic (exact) mass is 552 g/mol. The number of nitrogens with zero attached hydrogens (tertiary/aromatic N) is 2. The van der Waals surface area contributed by atoms with Gasteiger partial charge in [-0.2, -0.15) is 0 Å². The van der Waals surface area contributed by atoms with Crippen LogP contribution in [-0.2, 0) is 21.4 Å². The van der Waals surface area contributed by atoms with Gasteiger partial charge < -0.3 is 9.84 Å². The maximum Gasteiger partial charge on any atom is 0.301 e. The molecule has 1 amide bonds. The van der Waals surface area contributed by atoms with Crippen LogP contribution in [0.2, 0.25) is 0 Å². The number of Topliss-reactive ketones (excluding diaryl/α,β-unsaturated/α-hetero) is 1. The quantitative estimate of drug-likeness (QED) is 0.166. The molecular weight excluding hydrogens is 520 g/mol. The molecule has 0 aliphatic carbocycles. The summed E-state index contributed by atoms with van der Waals surface area (Å²) in [6.45, 7) is 12.4. The Bertz CT molecular complexity index is 1730. The second-order valence-electron chi connectivity index (χ2n) is 11.9. The number of thiazole rings is 1. The van der Waals surface area contributed by atoms with E-state index >= 15 is 0 Å². The molecule has 1 fully saturated rings. The fourth-order valence-electron chi connectivity index (χ4n) is 5.70. The Labute approximate surface area is 237 Å². The second kappa shape index (κ2) is 9.30. The number of carbonyl (C=O) groups is 2. The number of ether oxygens (including phenoxy) is 1. The number of aliphatic hydroxyl groups excluding tert-OH is 1. The highest BCUT2D eigenvalue weighted by Gasteiger charge is 2.48. The third kappa shape index (κ3) is 4.29. The Morgan fingerprint density at radius 2 is 1.77 bits per heavy atom. The first kappa shape index (κ1) is 26.3. The van der Waals surface area contributed by atoms with E-state index in [2.05, 4.69) is 26.8 Å². The van der Waals surface area contributed by atoms with Gasteiger partial charge in [0.2, 0.25) is 0 Å². The summed E-state index contributed by atoms with van der Waals surface area (Å²) in [6, 6.07) is 16.6. The molecule has 40 heavy (non-hydrogen) atoms. The van der Waals surface area contributed by atoms with Gasteiger partial charge in [-0.1, -0.05) is 62.4 Å². The summed E-state index contributed by atoms with van der Waals surface area (Å²) in [5, 5.41) is 12.1. The van der Waals surface area contributed by atoms with Crippen LogP contribution in [-0.4, -0.2) is 27.9 Å². The van der Waals surface area contributed by atoms with Crippen molar-refractivity contribution in [3.63, 3.8) is 0 Å². The molecule has 0 bridgehead atoms. The van der Waals surface area contributed by atoms with E-state index in [-0.39, 0.29) is 22.9 Å². The number of aliphatic hydroxyl groups is 1. The van der Waals surface area contributed by atoms with E-state index in [4.69, 9.17) is 9.72 Å². The first-order valence-electron chi connectivity index (χ1n) is 13.5. The number of carbonyl (C=O) groups excluding carboxylic acids is 2. The van der Waals surface area contributed by atoms with Crippen molar-refractivity contribution in [1.82, 2.24) is 4.98 Å². The van der Waals surface area contributed by atoms with Crippen molar-refractivity contribution in [2.24, 2.45) is 0 Å². The molecule has 2 aliphatic rings. The minimum absolute atomic E-state index is 0.0467. The topological polar surface area (TPSA) is 79.7 Å². The lowest BCUT2D eigenvalue weighted by Crippen LogP contribution is -2.29. The molecule has 204 valence electrons. The Kier molecular flexibility index (Phi) is 6.11. The summed E-state index contributed by atoms with van der Waals surface area (Å²) in [4.78, 5) is 33.7. The zero-order valence-electron chi connectivity index (χ0n) is 23.5. The number of amides is 1. The van der Waals surface area contributed by atoms with Gasteiger partial charge in [0.25, 0.3) is 5.78 Å². The molecule has 6 nitrogen and oxygen atoms in total. The first-order valence-corrected chi connectivity index (χ1v) is 14.3. The minimum Gasteiger partial charge on any atom is -0.507 e. The van der Waals surface area contributed by atoms with Gasteiger partial charge in [-0.3, -0.25) is 14.5 Å². The summed E-state index contributed by atoms with van der Waals surface area (Å²) in [7, 11) is 0. The molecular formula is C33H32N2O4S. The molecule has 3 aromatic carbocycles. The lowest BCUT2D eigenvalue weighted by atomic mass is 9.85. The van der Waals surface area contributed by atoms with Crippen LogP contribution < -0.4 is 9.64 Å². The van der Waals surface area contributed by atoms with E-state index in [1.807, 2.05) is 63.2 Å². The summed E-state index contributed by atoms with van der Waals surface area (Å²) in [5.74, 6) is -0.835. The highest BCUT2D eigenvalue weighted by atomic mass is 32.1. The number of benzene rings is 3. The number of hydrogen-bond acceptors (Lipinski definition) is 6. The van der Waals surface area contributed by atoms with Gasteiger partial charge in [0.05, 0.1) is 21.8 Å². The van der Waals surface area contributed by atoms with Crippen LogP contribution >= 0.6 is 11.3 Å². The van der Waals surface area contributed by atoms with Gasteiger partial charge in [-0.15, -0.1) is 0 Å². The van der Waals surface area contributed by atoms with Crippen LogP contribution in [0.4, 0.5) is 5.13 Å². The number of aromatic nitrogens is 1. The highest BCUT2D eigenvalue weighted by molar-refractivity contribution is 7.22. The van der Waals surface area contributed by atoms with E-state index in [9.17, 15) is 14.7 Å². The zero-order chi connectivity index (χ0) is 28.5. The maximum absolute atomic E-state index is 13.7. The number of hydrogen-bond donors (Lipinski definition) is 1. The zero-order valence-corrected chi connectivity index (χ0v) is 24.3. The Morgan fingerprint density at radius 3 is 2.48 bits per heavy atom. The van der Waals surface area contributed by atoms with Crippen LogP contribution in [0.3, 0.4) is 0 Å². The molecule has 0 saturated carbocycles. The molecule has 2 atom stereocenters. The predicted octanol–water partition coefficient (Wildman–Crippen LogP) is 7.16. The Morgan fingerprint density at radius 1 is 1.05 bits per heavy atom. The van der Waals surface area contributed by atoms with Crippen LogP contribution in [0, 0.1) is 13.8 Å². The molecule has 4 aromatic rings. The molecule has 6 rings (SSSR count). The van der Waals surface area contributed by atoms with Crippen molar-refractivity contribution in [3.8, 4) is 5.75 Å². The molecule has 3 heterocycles. The van der Waals surface area contributed by atoms with Gasteiger partial charge in [-0.25, -0.2) is 4.98 Å². The molecule has 7 heteroatoms. The van der Waals surface area contributed by atoms with E-state index in [1.54, 1.807) is 6.07 Å². The molecule has 0 radical (unpaired) electrons. The molecule has 0 unspecified atom stereocenters. The number of rotatable bonds is 3. The summed E-state index contributed by atoms with van der Waals surface area (Å²) in [5.41, 5.74) is 6.24. The SMILES string of the molecule is Cc1cc(C)c2nc(N3C(=O)C(=O)/C(=C(/O)c4ccc5c(c4)C[C@H](C)O5)[C@@H]3c3ccc(C(C)(C)C)cc3)sc2c1. The lowest BCUT2D eigenvalue weighted by Gasteiger charge is -2.24. The Balaban J connectivity index is 1.54. The number of aryl methyl sites for hydroxylation is 2. The molecule has 0 spiro atoms. The second-order valence-corrected chi connectivity index (χ2v) is 12.9. The normalized spacial score (nSPS) is 20.3. The molecule has 2 aliphatic heterocycles. The van der Waals surface area contributed by atoms with Crippen LogP contribution in [0.5, 0.6) is 5.75 Å². The van der Waals surface area contributed by atoms with Crippen molar-refractivity contribution < 1.29 is 19.4 Å². The van der Waals surface area contributed by atoms with Gasteiger partial charge >= 0.3 is 5.91 Å². The summed E-state index contributed by atoms with van der Waals surface area (Å²) < 4.78 is 6.77. The van der Waals surface area contributed by atoms with Crippen LogP contribution in [0.15, 0.2) is 60.2 Å². The van der Waals surface area contributed by atoms with E-state index in [0.717, 1.165) is 43.8 Å². The maximum atomic E-state index is 13.7. The fourth-order valence-corrected chi connectivity index (χ4v) is 6.87. The average Bonchev–Trinajstić information content (AvgIpc) is 3.56. The van der Waals surface area contributed by atoms with Gasteiger partial charge in [-0.05, 0) is 78.3 Å². The predicted molar refractivity (Wildman–Crippen MR) is 159 cm³/mol. The van der Waals surface area contributed by atoms with Crippen molar-refractivity contribution in [1.29, 1.82) is 0 Å². The van der Waals surface area contributed by atoms with E-state index in [0.29, 0.717) is 17.1 Å². The van der Waals surface area contributed by atoms with Crippen molar-refractivity contribution in [2.75, 3.05) is 4.90 Å². The van der Waals surface area contributed by atoms with E-state index in [1.165, 1.54) is 16.2 Å². The van der Waals surface area contributed by atoms with Crippen LogP contribution in [0.1, 0.15) is 67.1 Å². The summed E-state index contributed by atoms with van der Waals surface area (Å²) in [6.07, 6.45) is 0.762. The first-order chi connectivity index (χ1) is 18.9. The standard InChI is InChI=1S/C33H32N2O4S/c1-17-13-18(2)27-25(14-17)40-32(34-27)35-28(20-7-10-23(11-8-20)33(4,5)6)26(30(37)31(35)38)29(36)21-9-12-24-22(16-21)15-19(3)39-24/h7-14,16,19,28,36H,15H2,1-6H3/b29-26+/t19-,28-/m0/s1. The molecule has 1 saturated heterocycles. The largest absolute Gasteiger partial charge is 0.507 e. The number of fused-ring (bicyclic) bond motifs is 2. The lowest BCUT2D eigenvalue weighted by molar-refractivity contribution is -0.132. The smallest absolute Gasteiger partial charge is 0.301 e. The van der Waals surface area contributed by atoms with Gasteiger partial charge in [0, 0.05) is 12.0 Å². The number of anilines is 1. The van der Waals surface area contributed by atoms with Crippen molar-refractivity contribution in [3.05, 3.63) is 93.6 Å². The molecule has 1 N–H and O–H groups in total. The molecule has 1 aromatic heterocycles. The number of ketones is 1. The summed E-state index contributed by atoms with van der Waals surface area (Å²) >= 11 is 1.38. The highest BCUT2D eigenvalue weighted by Crippen LogP contribution is 2.45. The van der Waals surface area contributed by atoms with Crippen molar-refractivity contribution >= 4 is 44.1 Å². The third-order valence-corrected chi connectivity index (χ3v) is 8.73. The Hall–Kier alpha value is -3.97. The van der Waals surface area contributed by atoms with Crippen LogP contribution in [0.25, 0.3) is 16.0 Å². The van der Waals surface area contributed by atoms with Crippen molar-refractivity contribution in [2.45, 2.75) is 65.5 Å². The van der Waals surface area contributed by atoms with E-state index < -0.39 is 17.7 Å². The fraction of sp³-hybridized carbons (Fsp3) is 0.303. The average molecular weight is 553 g/mol. The van der Waals surface area contributed by atoms with Gasteiger partial charge in [0.1, 0.15) is 17.6 Å².